The average molecular weight is 513 g/mol. The van der Waals surface area contributed by atoms with Crippen molar-refractivity contribution in [3.05, 3.63) is 98.1 Å². The molecule has 162 valence electrons. The minimum Gasteiger partial charge on any atom is -0.493 e. The van der Waals surface area contributed by atoms with E-state index in [4.69, 9.17) is 25.8 Å². The fourth-order valence-electron chi connectivity index (χ4n) is 3.22. The predicted octanol–water partition coefficient (Wildman–Crippen LogP) is 6.34. The van der Waals surface area contributed by atoms with Crippen molar-refractivity contribution in [2.75, 3.05) is 7.11 Å². The van der Waals surface area contributed by atoms with Crippen LogP contribution in [-0.4, -0.2) is 19.0 Å². The van der Waals surface area contributed by atoms with E-state index in [9.17, 15) is 4.79 Å². The van der Waals surface area contributed by atoms with Gasteiger partial charge in [-0.1, -0.05) is 63.9 Å². The maximum absolute atomic E-state index is 12.4. The molecule has 0 amide bonds. The monoisotopic (exact) mass is 511 g/mol. The van der Waals surface area contributed by atoms with E-state index >= 15 is 0 Å². The SMILES string of the molecule is COc1cc(/C=C2\N=C(c3ccccc3C)OC2=O)cc(Cl)c1OCc1ccccc1Br. The Morgan fingerprint density at radius 3 is 2.62 bits per heavy atom. The molecule has 0 spiro atoms. The molecule has 4 rings (SSSR count). The number of esters is 1. The minimum absolute atomic E-state index is 0.184. The van der Waals surface area contributed by atoms with Gasteiger partial charge in [0.25, 0.3) is 0 Å². The molecule has 0 fully saturated rings. The standard InChI is InChI=1S/C25H19BrClNO4/c1-15-7-3-5-9-18(15)24-28-21(25(29)32-24)12-16-11-20(27)23(22(13-16)30-2)31-14-17-8-4-6-10-19(17)26/h3-13H,14H2,1-2H3/b21-12-. The van der Waals surface area contributed by atoms with E-state index in [1.54, 1.807) is 18.2 Å². The van der Waals surface area contributed by atoms with Gasteiger partial charge in [-0.15, -0.1) is 0 Å². The van der Waals surface area contributed by atoms with Crippen LogP contribution in [0.2, 0.25) is 5.02 Å². The second-order valence-electron chi connectivity index (χ2n) is 7.07. The van der Waals surface area contributed by atoms with Crippen molar-refractivity contribution < 1.29 is 19.0 Å². The Morgan fingerprint density at radius 1 is 1.12 bits per heavy atom. The summed E-state index contributed by atoms with van der Waals surface area (Å²) in [5.41, 5.74) is 3.54. The Morgan fingerprint density at radius 2 is 1.88 bits per heavy atom. The highest BCUT2D eigenvalue weighted by Crippen LogP contribution is 2.38. The van der Waals surface area contributed by atoms with Gasteiger partial charge in [0.1, 0.15) is 6.61 Å². The number of hydrogen-bond donors (Lipinski definition) is 0. The molecule has 0 saturated carbocycles. The average Bonchev–Trinajstić information content (AvgIpc) is 3.14. The maximum atomic E-state index is 12.4. The van der Waals surface area contributed by atoms with Crippen LogP contribution in [0.15, 0.2) is 75.8 Å². The summed E-state index contributed by atoms with van der Waals surface area (Å²) in [5.74, 6) is 0.634. The fourth-order valence-corrected chi connectivity index (χ4v) is 3.90. The number of ether oxygens (including phenoxy) is 3. The highest BCUT2D eigenvalue weighted by molar-refractivity contribution is 9.10. The molecule has 0 atom stereocenters. The first-order valence-electron chi connectivity index (χ1n) is 9.78. The van der Waals surface area contributed by atoms with Crippen LogP contribution in [0.4, 0.5) is 0 Å². The van der Waals surface area contributed by atoms with Crippen LogP contribution in [0.3, 0.4) is 0 Å². The zero-order valence-corrected chi connectivity index (χ0v) is 19.7. The molecule has 7 heteroatoms. The van der Waals surface area contributed by atoms with Gasteiger partial charge in [0, 0.05) is 15.6 Å². The molecule has 0 saturated heterocycles. The zero-order chi connectivity index (χ0) is 22.7. The van der Waals surface area contributed by atoms with Crippen molar-refractivity contribution in [3.63, 3.8) is 0 Å². The second-order valence-corrected chi connectivity index (χ2v) is 8.33. The molecule has 1 aliphatic rings. The number of halogens is 2. The number of carbonyl (C=O) groups excluding carboxylic acids is 1. The normalized spacial score (nSPS) is 14.3. The summed E-state index contributed by atoms with van der Waals surface area (Å²) in [4.78, 5) is 16.7. The second kappa shape index (κ2) is 9.59. The van der Waals surface area contributed by atoms with Gasteiger partial charge in [-0.2, -0.15) is 0 Å². The number of benzene rings is 3. The van der Waals surface area contributed by atoms with E-state index in [0.717, 1.165) is 21.2 Å². The van der Waals surface area contributed by atoms with E-state index in [0.29, 0.717) is 28.7 Å². The molecule has 0 bridgehead atoms. The molecular weight excluding hydrogens is 494 g/mol. The predicted molar refractivity (Wildman–Crippen MR) is 128 cm³/mol. The minimum atomic E-state index is -0.521. The Bertz CT molecular complexity index is 1250. The van der Waals surface area contributed by atoms with Crippen molar-refractivity contribution in [2.45, 2.75) is 13.5 Å². The summed E-state index contributed by atoms with van der Waals surface area (Å²) in [6.45, 7) is 2.25. The summed E-state index contributed by atoms with van der Waals surface area (Å²) in [5, 5.41) is 0.359. The third-order valence-electron chi connectivity index (χ3n) is 4.88. The topological polar surface area (TPSA) is 57.1 Å². The Kier molecular flexibility index (Phi) is 6.63. The highest BCUT2D eigenvalue weighted by atomic mass is 79.9. The van der Waals surface area contributed by atoms with Crippen molar-refractivity contribution in [1.82, 2.24) is 0 Å². The molecule has 1 heterocycles. The van der Waals surface area contributed by atoms with Crippen LogP contribution in [0.1, 0.15) is 22.3 Å². The largest absolute Gasteiger partial charge is 0.493 e. The molecule has 0 radical (unpaired) electrons. The van der Waals surface area contributed by atoms with E-state index < -0.39 is 5.97 Å². The van der Waals surface area contributed by atoms with E-state index in [-0.39, 0.29) is 11.6 Å². The molecule has 1 aliphatic heterocycles. The molecule has 0 unspecified atom stereocenters. The number of aryl methyl sites for hydroxylation is 1. The van der Waals surface area contributed by atoms with Crippen molar-refractivity contribution >= 4 is 45.5 Å². The summed E-state index contributed by atoms with van der Waals surface area (Å²) < 4.78 is 17.7. The third kappa shape index (κ3) is 4.71. The fraction of sp³-hybridized carbons (Fsp3) is 0.120. The molecule has 32 heavy (non-hydrogen) atoms. The summed E-state index contributed by atoms with van der Waals surface area (Å²) >= 11 is 10.00. The lowest BCUT2D eigenvalue weighted by atomic mass is 10.1. The molecule has 0 aliphatic carbocycles. The molecular formula is C25H19BrClNO4. The first-order chi connectivity index (χ1) is 15.5. The number of cyclic esters (lactones) is 1. The Balaban J connectivity index is 1.61. The number of rotatable bonds is 6. The lowest BCUT2D eigenvalue weighted by Crippen LogP contribution is -2.06. The van der Waals surface area contributed by atoms with Gasteiger partial charge in [-0.3, -0.25) is 0 Å². The van der Waals surface area contributed by atoms with Crippen LogP contribution in [-0.2, 0) is 16.1 Å². The maximum Gasteiger partial charge on any atom is 0.363 e. The Labute approximate surface area is 199 Å². The van der Waals surface area contributed by atoms with Crippen molar-refractivity contribution in [3.8, 4) is 11.5 Å². The lowest BCUT2D eigenvalue weighted by Gasteiger charge is -2.14. The highest BCUT2D eigenvalue weighted by Gasteiger charge is 2.25. The quantitative estimate of drug-likeness (QED) is 0.285. The number of methoxy groups -OCH3 is 1. The lowest BCUT2D eigenvalue weighted by molar-refractivity contribution is -0.129. The molecule has 3 aromatic rings. The Hall–Kier alpha value is -3.09. The molecule has 0 N–H and O–H groups in total. The van der Waals surface area contributed by atoms with Crippen LogP contribution in [0.5, 0.6) is 11.5 Å². The molecule has 3 aromatic carbocycles. The number of nitrogens with zero attached hydrogens (tertiary/aromatic N) is 1. The van der Waals surface area contributed by atoms with Gasteiger partial charge in [0.05, 0.1) is 12.1 Å². The van der Waals surface area contributed by atoms with E-state index in [2.05, 4.69) is 20.9 Å². The van der Waals surface area contributed by atoms with Crippen LogP contribution >= 0.6 is 27.5 Å². The molecule has 0 aromatic heterocycles. The van der Waals surface area contributed by atoms with Crippen LogP contribution < -0.4 is 9.47 Å². The third-order valence-corrected chi connectivity index (χ3v) is 5.94. The number of carbonyl (C=O) groups is 1. The molecule has 5 nitrogen and oxygen atoms in total. The first kappa shape index (κ1) is 22.1. The van der Waals surface area contributed by atoms with Gasteiger partial charge in [0.15, 0.2) is 17.2 Å². The van der Waals surface area contributed by atoms with Crippen LogP contribution in [0.25, 0.3) is 6.08 Å². The summed E-state index contributed by atoms with van der Waals surface area (Å²) in [6, 6.07) is 18.8. The number of hydrogen-bond acceptors (Lipinski definition) is 5. The zero-order valence-electron chi connectivity index (χ0n) is 17.4. The van der Waals surface area contributed by atoms with Crippen molar-refractivity contribution in [1.29, 1.82) is 0 Å². The van der Waals surface area contributed by atoms with Crippen molar-refractivity contribution in [2.24, 2.45) is 4.99 Å². The van der Waals surface area contributed by atoms with Gasteiger partial charge >= 0.3 is 5.97 Å². The first-order valence-corrected chi connectivity index (χ1v) is 11.0. The number of aliphatic imine (C=N–C) groups is 1. The van der Waals surface area contributed by atoms with Gasteiger partial charge in [0.2, 0.25) is 5.90 Å². The summed E-state index contributed by atoms with van der Waals surface area (Å²) in [7, 11) is 1.53. The van der Waals surface area contributed by atoms with Gasteiger partial charge in [-0.25, -0.2) is 9.79 Å². The smallest absolute Gasteiger partial charge is 0.363 e. The van der Waals surface area contributed by atoms with Gasteiger partial charge < -0.3 is 14.2 Å². The van der Waals surface area contributed by atoms with E-state index in [1.807, 2.05) is 55.5 Å². The van der Waals surface area contributed by atoms with Gasteiger partial charge in [-0.05, 0) is 48.4 Å². The van der Waals surface area contributed by atoms with E-state index in [1.165, 1.54) is 7.11 Å². The summed E-state index contributed by atoms with van der Waals surface area (Å²) in [6.07, 6.45) is 1.61. The van der Waals surface area contributed by atoms with Crippen LogP contribution in [0, 0.1) is 6.92 Å².